The van der Waals surface area contributed by atoms with E-state index in [1.54, 1.807) is 35.3 Å². The highest BCUT2D eigenvalue weighted by atomic mass is 35.5. The summed E-state index contributed by atoms with van der Waals surface area (Å²) in [5.74, 6) is 1.76. The van der Waals surface area contributed by atoms with Crippen LogP contribution in [0.15, 0.2) is 36.7 Å². The third-order valence-electron chi connectivity index (χ3n) is 4.05. The maximum atomic E-state index is 12.1. The van der Waals surface area contributed by atoms with Crippen molar-refractivity contribution >= 4 is 23.3 Å². The number of carbonyl (C=O) groups excluding carboxylic acids is 1. The Hall–Kier alpha value is -2.87. The lowest BCUT2D eigenvalue weighted by Crippen LogP contribution is -2.29. The average molecular weight is 358 g/mol. The molecule has 0 aliphatic carbocycles. The molecule has 2 amide bonds. The summed E-state index contributed by atoms with van der Waals surface area (Å²) in [6.45, 7) is 1.24. The Morgan fingerprint density at radius 3 is 3.04 bits per heavy atom. The molecule has 1 aromatic carbocycles. The molecule has 3 aromatic rings. The maximum Gasteiger partial charge on any atom is 0.319 e. The molecule has 0 unspecified atom stereocenters. The fourth-order valence-corrected chi connectivity index (χ4v) is 3.13. The monoisotopic (exact) mass is 357 g/mol. The van der Waals surface area contributed by atoms with E-state index in [1.807, 2.05) is 6.07 Å². The standard InChI is InChI=1S/C16H16ClN7O/c17-12-9-11(4-5-13(12)24-8-2-6-19-24)20-16(25)18-10-15-22-21-14-3-1-7-23(14)15/h2,4-6,8-9H,1,3,7,10H2,(H2,18,20,25). The van der Waals surface area contributed by atoms with Crippen LogP contribution in [0.2, 0.25) is 5.02 Å². The first-order chi connectivity index (χ1) is 12.2. The minimum atomic E-state index is -0.321. The van der Waals surface area contributed by atoms with Gasteiger partial charge in [-0.25, -0.2) is 9.48 Å². The van der Waals surface area contributed by atoms with Crippen LogP contribution in [0.3, 0.4) is 0 Å². The van der Waals surface area contributed by atoms with Crippen LogP contribution in [-0.2, 0) is 19.5 Å². The number of anilines is 1. The Labute approximate surface area is 148 Å². The van der Waals surface area contributed by atoms with E-state index < -0.39 is 0 Å². The molecule has 1 aliphatic rings. The number of urea groups is 1. The largest absolute Gasteiger partial charge is 0.331 e. The summed E-state index contributed by atoms with van der Waals surface area (Å²) in [5.41, 5.74) is 1.35. The number of hydrogen-bond acceptors (Lipinski definition) is 4. The molecule has 0 fully saturated rings. The molecule has 4 rings (SSSR count). The Morgan fingerprint density at radius 1 is 1.32 bits per heavy atom. The average Bonchev–Trinajstić information content (AvgIpc) is 3.32. The van der Waals surface area contributed by atoms with Crippen molar-refractivity contribution in [3.8, 4) is 5.69 Å². The molecule has 25 heavy (non-hydrogen) atoms. The van der Waals surface area contributed by atoms with Crippen LogP contribution in [0.5, 0.6) is 0 Å². The predicted octanol–water partition coefficient (Wildman–Crippen LogP) is 2.39. The van der Waals surface area contributed by atoms with Crippen LogP contribution in [0.25, 0.3) is 5.69 Å². The van der Waals surface area contributed by atoms with E-state index in [0.717, 1.165) is 36.7 Å². The van der Waals surface area contributed by atoms with Gasteiger partial charge in [-0.2, -0.15) is 5.10 Å². The van der Waals surface area contributed by atoms with Crippen LogP contribution in [0.1, 0.15) is 18.1 Å². The highest BCUT2D eigenvalue weighted by Gasteiger charge is 2.17. The molecule has 0 bridgehead atoms. The zero-order valence-corrected chi connectivity index (χ0v) is 14.1. The lowest BCUT2D eigenvalue weighted by molar-refractivity contribution is 0.251. The van der Waals surface area contributed by atoms with Crippen molar-refractivity contribution in [3.63, 3.8) is 0 Å². The number of carbonyl (C=O) groups is 1. The second-order valence-electron chi connectivity index (χ2n) is 5.71. The van der Waals surface area contributed by atoms with Gasteiger partial charge in [-0.15, -0.1) is 10.2 Å². The Balaban J connectivity index is 1.38. The van der Waals surface area contributed by atoms with E-state index in [-0.39, 0.29) is 6.03 Å². The molecule has 1 aliphatic heterocycles. The van der Waals surface area contributed by atoms with Gasteiger partial charge in [-0.1, -0.05) is 11.6 Å². The number of fused-ring (bicyclic) bond motifs is 1. The van der Waals surface area contributed by atoms with Crippen molar-refractivity contribution in [2.24, 2.45) is 0 Å². The first-order valence-corrected chi connectivity index (χ1v) is 8.34. The SMILES string of the molecule is O=C(NCc1nnc2n1CCC2)Nc1ccc(-n2cccn2)c(Cl)c1. The third-order valence-corrected chi connectivity index (χ3v) is 4.35. The van der Waals surface area contributed by atoms with Gasteiger partial charge in [-0.05, 0) is 30.7 Å². The number of aromatic nitrogens is 5. The van der Waals surface area contributed by atoms with E-state index in [0.29, 0.717) is 17.3 Å². The topological polar surface area (TPSA) is 89.7 Å². The molecule has 0 radical (unpaired) electrons. The van der Waals surface area contributed by atoms with Gasteiger partial charge < -0.3 is 15.2 Å². The first kappa shape index (κ1) is 15.6. The number of nitrogens with one attached hydrogen (secondary N) is 2. The summed E-state index contributed by atoms with van der Waals surface area (Å²) >= 11 is 6.27. The van der Waals surface area contributed by atoms with E-state index in [2.05, 4.69) is 30.5 Å². The summed E-state index contributed by atoms with van der Waals surface area (Å²) in [5, 5.41) is 18.4. The molecule has 0 saturated carbocycles. The van der Waals surface area contributed by atoms with Crippen LogP contribution in [0.4, 0.5) is 10.5 Å². The van der Waals surface area contributed by atoms with Crippen molar-refractivity contribution in [1.29, 1.82) is 0 Å². The van der Waals surface area contributed by atoms with Gasteiger partial charge in [0.2, 0.25) is 0 Å². The van der Waals surface area contributed by atoms with Crippen molar-refractivity contribution in [2.45, 2.75) is 25.9 Å². The van der Waals surface area contributed by atoms with E-state index in [9.17, 15) is 4.79 Å². The Kier molecular flexibility index (Phi) is 4.10. The molecule has 0 atom stereocenters. The van der Waals surface area contributed by atoms with Crippen molar-refractivity contribution in [2.75, 3.05) is 5.32 Å². The second kappa shape index (κ2) is 6.56. The lowest BCUT2D eigenvalue weighted by atomic mass is 10.3. The fraction of sp³-hybridized carbons (Fsp3) is 0.250. The van der Waals surface area contributed by atoms with Gasteiger partial charge in [0.05, 0.1) is 17.3 Å². The van der Waals surface area contributed by atoms with Crippen LogP contribution in [-0.4, -0.2) is 30.6 Å². The second-order valence-corrected chi connectivity index (χ2v) is 6.12. The molecular weight excluding hydrogens is 342 g/mol. The molecule has 0 saturated heterocycles. The third kappa shape index (κ3) is 3.20. The summed E-state index contributed by atoms with van der Waals surface area (Å²) in [4.78, 5) is 12.1. The molecule has 0 spiro atoms. The fourth-order valence-electron chi connectivity index (χ4n) is 2.86. The van der Waals surface area contributed by atoms with Crippen molar-refractivity contribution < 1.29 is 4.79 Å². The zero-order valence-electron chi connectivity index (χ0n) is 13.3. The van der Waals surface area contributed by atoms with Gasteiger partial charge in [-0.3, -0.25) is 0 Å². The lowest BCUT2D eigenvalue weighted by Gasteiger charge is -2.10. The number of halogens is 1. The van der Waals surface area contributed by atoms with E-state index in [1.165, 1.54) is 0 Å². The molecule has 3 heterocycles. The van der Waals surface area contributed by atoms with Crippen molar-refractivity contribution in [1.82, 2.24) is 29.9 Å². The molecule has 8 nitrogen and oxygen atoms in total. The van der Waals surface area contributed by atoms with E-state index >= 15 is 0 Å². The minimum Gasteiger partial charge on any atom is -0.331 e. The van der Waals surface area contributed by atoms with Crippen LogP contribution >= 0.6 is 11.6 Å². The highest BCUT2D eigenvalue weighted by molar-refractivity contribution is 6.32. The van der Waals surface area contributed by atoms with Gasteiger partial charge >= 0.3 is 6.03 Å². The number of amides is 2. The molecule has 2 aromatic heterocycles. The minimum absolute atomic E-state index is 0.321. The van der Waals surface area contributed by atoms with Crippen molar-refractivity contribution in [3.05, 3.63) is 53.3 Å². The number of rotatable bonds is 4. The highest BCUT2D eigenvalue weighted by Crippen LogP contribution is 2.23. The van der Waals surface area contributed by atoms with Crippen LogP contribution in [0, 0.1) is 0 Å². The number of hydrogen-bond donors (Lipinski definition) is 2. The molecule has 2 N–H and O–H groups in total. The number of aryl methyl sites for hydroxylation is 1. The summed E-state index contributed by atoms with van der Waals surface area (Å²) in [7, 11) is 0. The summed E-state index contributed by atoms with van der Waals surface area (Å²) < 4.78 is 3.72. The molecular formula is C16H16ClN7O. The van der Waals surface area contributed by atoms with E-state index in [4.69, 9.17) is 11.6 Å². The Bertz CT molecular complexity index is 903. The predicted molar refractivity (Wildman–Crippen MR) is 92.8 cm³/mol. The maximum absolute atomic E-state index is 12.1. The molecule has 128 valence electrons. The zero-order chi connectivity index (χ0) is 17.2. The van der Waals surface area contributed by atoms with Crippen LogP contribution < -0.4 is 10.6 Å². The summed E-state index contributed by atoms with van der Waals surface area (Å²) in [6.07, 6.45) is 5.50. The normalized spacial score (nSPS) is 12.8. The number of benzene rings is 1. The summed E-state index contributed by atoms with van der Waals surface area (Å²) in [6, 6.07) is 6.76. The van der Waals surface area contributed by atoms with Gasteiger partial charge in [0.15, 0.2) is 5.82 Å². The van der Waals surface area contributed by atoms with Gasteiger partial charge in [0.1, 0.15) is 5.82 Å². The first-order valence-electron chi connectivity index (χ1n) is 7.96. The quantitative estimate of drug-likeness (QED) is 0.750. The Morgan fingerprint density at radius 2 is 2.24 bits per heavy atom. The number of nitrogens with zero attached hydrogens (tertiary/aromatic N) is 5. The van der Waals surface area contributed by atoms with Gasteiger partial charge in [0.25, 0.3) is 0 Å². The molecule has 9 heteroatoms. The smallest absolute Gasteiger partial charge is 0.319 e. The van der Waals surface area contributed by atoms with Gasteiger partial charge in [0, 0.05) is 31.0 Å².